The van der Waals surface area contributed by atoms with E-state index in [0.29, 0.717) is 6.42 Å². The smallest absolute Gasteiger partial charge is 0.306 e. The summed E-state index contributed by atoms with van der Waals surface area (Å²) < 4.78 is 5.32. The second-order valence-corrected chi connectivity index (χ2v) is 4.28. The van der Waals surface area contributed by atoms with Crippen molar-refractivity contribution in [2.75, 3.05) is 0 Å². The van der Waals surface area contributed by atoms with Gasteiger partial charge in [0, 0.05) is 6.42 Å². The van der Waals surface area contributed by atoms with Crippen molar-refractivity contribution in [3.8, 4) is 0 Å². The van der Waals surface area contributed by atoms with Gasteiger partial charge in [-0.05, 0) is 19.3 Å². The van der Waals surface area contributed by atoms with Crippen LogP contribution < -0.4 is 0 Å². The molecule has 0 saturated carbocycles. The van der Waals surface area contributed by atoms with Crippen molar-refractivity contribution in [1.82, 2.24) is 0 Å². The molecule has 1 unspecified atom stereocenters. The lowest BCUT2D eigenvalue weighted by Gasteiger charge is -2.15. The van der Waals surface area contributed by atoms with E-state index < -0.39 is 0 Å². The van der Waals surface area contributed by atoms with Crippen LogP contribution in [-0.4, -0.2) is 12.1 Å². The zero-order chi connectivity index (χ0) is 10.9. The standard InChI is InChI=1S/C13H22O2/c1-2-12-10-8-6-4-3-5-7-9-11-13(14)15-12/h2,12H,1,3-11H2. The van der Waals surface area contributed by atoms with Gasteiger partial charge in [0.2, 0.25) is 0 Å². The van der Waals surface area contributed by atoms with Gasteiger partial charge in [-0.15, -0.1) is 0 Å². The predicted molar refractivity (Wildman–Crippen MR) is 61.6 cm³/mol. The molecule has 1 atom stereocenters. The summed E-state index contributed by atoms with van der Waals surface area (Å²) in [6, 6.07) is 0. The Bertz CT molecular complexity index is 199. The van der Waals surface area contributed by atoms with Crippen molar-refractivity contribution in [2.45, 2.75) is 63.9 Å². The highest BCUT2D eigenvalue weighted by Crippen LogP contribution is 2.15. The Morgan fingerprint density at radius 3 is 2.33 bits per heavy atom. The van der Waals surface area contributed by atoms with E-state index in [4.69, 9.17) is 4.74 Å². The molecule has 0 spiro atoms. The largest absolute Gasteiger partial charge is 0.458 e. The van der Waals surface area contributed by atoms with Crippen LogP contribution in [0.3, 0.4) is 0 Å². The van der Waals surface area contributed by atoms with Crippen LogP contribution in [-0.2, 0) is 9.53 Å². The molecule has 1 aliphatic rings. The molecule has 0 N–H and O–H groups in total. The van der Waals surface area contributed by atoms with Crippen molar-refractivity contribution < 1.29 is 9.53 Å². The van der Waals surface area contributed by atoms with E-state index >= 15 is 0 Å². The highest BCUT2D eigenvalue weighted by molar-refractivity contribution is 5.69. The third-order valence-corrected chi connectivity index (χ3v) is 2.92. The first-order valence-corrected chi connectivity index (χ1v) is 6.15. The minimum absolute atomic E-state index is 0.0551. The molecule has 0 aromatic heterocycles. The van der Waals surface area contributed by atoms with Crippen LogP contribution in [0.4, 0.5) is 0 Å². The molecule has 0 bridgehead atoms. The maximum Gasteiger partial charge on any atom is 0.306 e. The summed E-state index contributed by atoms with van der Waals surface area (Å²) in [7, 11) is 0. The second-order valence-electron chi connectivity index (χ2n) is 4.28. The number of carbonyl (C=O) groups is 1. The molecule has 15 heavy (non-hydrogen) atoms. The lowest BCUT2D eigenvalue weighted by Crippen LogP contribution is -2.16. The Morgan fingerprint density at radius 1 is 1.07 bits per heavy atom. The van der Waals surface area contributed by atoms with Crippen LogP contribution in [0, 0.1) is 0 Å². The van der Waals surface area contributed by atoms with E-state index in [0.717, 1.165) is 25.7 Å². The molecule has 1 heterocycles. The van der Waals surface area contributed by atoms with Gasteiger partial charge in [0.25, 0.3) is 0 Å². The summed E-state index contributed by atoms with van der Waals surface area (Å²) in [6.07, 6.45) is 11.6. The summed E-state index contributed by atoms with van der Waals surface area (Å²) in [4.78, 5) is 11.4. The molecule has 0 amide bonds. The van der Waals surface area contributed by atoms with Crippen LogP contribution in [0.2, 0.25) is 0 Å². The van der Waals surface area contributed by atoms with Crippen LogP contribution in [0.1, 0.15) is 57.8 Å². The van der Waals surface area contributed by atoms with Crippen LogP contribution in [0.5, 0.6) is 0 Å². The Kier molecular flexibility index (Phi) is 6.14. The molecule has 1 rings (SSSR count). The summed E-state index contributed by atoms with van der Waals surface area (Å²) in [5, 5.41) is 0. The topological polar surface area (TPSA) is 26.3 Å². The van der Waals surface area contributed by atoms with Crippen molar-refractivity contribution in [2.24, 2.45) is 0 Å². The zero-order valence-electron chi connectivity index (χ0n) is 9.54. The first-order valence-electron chi connectivity index (χ1n) is 6.15. The van der Waals surface area contributed by atoms with E-state index in [2.05, 4.69) is 6.58 Å². The van der Waals surface area contributed by atoms with Gasteiger partial charge in [0.1, 0.15) is 6.10 Å². The van der Waals surface area contributed by atoms with Crippen LogP contribution in [0.15, 0.2) is 12.7 Å². The molecule has 0 aliphatic carbocycles. The lowest BCUT2D eigenvalue weighted by atomic mass is 10.0. The highest BCUT2D eigenvalue weighted by atomic mass is 16.5. The Morgan fingerprint density at radius 2 is 1.67 bits per heavy atom. The van der Waals surface area contributed by atoms with E-state index in [-0.39, 0.29) is 12.1 Å². The molecular formula is C13H22O2. The molecule has 1 saturated heterocycles. The highest BCUT2D eigenvalue weighted by Gasteiger charge is 2.11. The van der Waals surface area contributed by atoms with E-state index in [9.17, 15) is 4.79 Å². The van der Waals surface area contributed by atoms with Gasteiger partial charge in [-0.2, -0.15) is 0 Å². The summed E-state index contributed by atoms with van der Waals surface area (Å²) in [5.41, 5.74) is 0. The predicted octanol–water partition coefficient (Wildman–Crippen LogP) is 3.61. The van der Waals surface area contributed by atoms with Gasteiger partial charge >= 0.3 is 5.97 Å². The fraction of sp³-hybridized carbons (Fsp3) is 0.769. The number of carbonyl (C=O) groups excluding carboxylic acids is 1. The number of cyclic esters (lactones) is 1. The monoisotopic (exact) mass is 210 g/mol. The van der Waals surface area contributed by atoms with Gasteiger partial charge in [0.05, 0.1) is 0 Å². The van der Waals surface area contributed by atoms with Crippen molar-refractivity contribution >= 4 is 5.97 Å². The van der Waals surface area contributed by atoms with Gasteiger partial charge in [-0.3, -0.25) is 4.79 Å². The van der Waals surface area contributed by atoms with Crippen LogP contribution >= 0.6 is 0 Å². The zero-order valence-corrected chi connectivity index (χ0v) is 9.54. The maximum atomic E-state index is 11.4. The molecule has 0 radical (unpaired) electrons. The van der Waals surface area contributed by atoms with Crippen LogP contribution in [0.25, 0.3) is 0 Å². The lowest BCUT2D eigenvalue weighted by molar-refractivity contribution is -0.147. The summed E-state index contributed by atoms with van der Waals surface area (Å²) in [5.74, 6) is -0.0551. The van der Waals surface area contributed by atoms with Crippen molar-refractivity contribution in [3.05, 3.63) is 12.7 Å². The Labute approximate surface area is 92.7 Å². The SMILES string of the molecule is C=CC1CCCCCCCCCC(=O)O1. The van der Waals surface area contributed by atoms with E-state index in [1.165, 1.54) is 25.7 Å². The first-order chi connectivity index (χ1) is 7.33. The average Bonchev–Trinajstić information content (AvgIpc) is 2.22. The maximum absolute atomic E-state index is 11.4. The number of esters is 1. The fourth-order valence-corrected chi connectivity index (χ4v) is 1.95. The normalized spacial score (nSPS) is 25.9. The number of ether oxygens (including phenoxy) is 1. The molecule has 1 aliphatic heterocycles. The molecule has 2 nitrogen and oxygen atoms in total. The van der Waals surface area contributed by atoms with Gasteiger partial charge in [-0.25, -0.2) is 0 Å². The Hall–Kier alpha value is -0.790. The molecular weight excluding hydrogens is 188 g/mol. The molecule has 86 valence electrons. The van der Waals surface area contributed by atoms with Gasteiger partial charge in [-0.1, -0.05) is 44.8 Å². The summed E-state index contributed by atoms with van der Waals surface area (Å²) in [6.45, 7) is 3.71. The minimum Gasteiger partial charge on any atom is -0.458 e. The third-order valence-electron chi connectivity index (χ3n) is 2.92. The Balaban J connectivity index is 2.35. The number of hydrogen-bond acceptors (Lipinski definition) is 2. The fourth-order valence-electron chi connectivity index (χ4n) is 1.95. The molecule has 0 aromatic carbocycles. The quantitative estimate of drug-likeness (QED) is 0.488. The van der Waals surface area contributed by atoms with Gasteiger partial charge < -0.3 is 4.74 Å². The number of rotatable bonds is 1. The average molecular weight is 210 g/mol. The van der Waals surface area contributed by atoms with Crippen molar-refractivity contribution in [1.29, 1.82) is 0 Å². The van der Waals surface area contributed by atoms with Gasteiger partial charge in [0.15, 0.2) is 0 Å². The van der Waals surface area contributed by atoms with Crippen molar-refractivity contribution in [3.63, 3.8) is 0 Å². The van der Waals surface area contributed by atoms with E-state index in [1.54, 1.807) is 6.08 Å². The second kappa shape index (κ2) is 7.49. The number of hydrogen-bond donors (Lipinski definition) is 0. The summed E-state index contributed by atoms with van der Waals surface area (Å²) >= 11 is 0. The molecule has 0 aromatic rings. The molecule has 1 fully saturated rings. The first kappa shape index (κ1) is 12.3. The molecule has 2 heteroatoms. The minimum atomic E-state index is -0.0584. The third kappa shape index (κ3) is 5.60. The van der Waals surface area contributed by atoms with E-state index in [1.807, 2.05) is 0 Å².